The Balaban J connectivity index is 1.31. The highest BCUT2D eigenvalue weighted by Gasteiger charge is 2.47. The van der Waals surface area contributed by atoms with E-state index in [1.807, 2.05) is 6.92 Å². The van der Waals surface area contributed by atoms with Gasteiger partial charge >= 0.3 is 5.97 Å². The number of halogens is 2. The van der Waals surface area contributed by atoms with Crippen molar-refractivity contribution in [2.45, 2.75) is 147 Å². The topological polar surface area (TPSA) is 175 Å². The number of benzene rings is 1. The number of carbonyl (C=O) groups excluding carboxylic acids is 7. The lowest BCUT2D eigenvalue weighted by Crippen LogP contribution is -2.63. The summed E-state index contributed by atoms with van der Waals surface area (Å²) in [5.74, 6) is -5.92. The number of hydrogen-bond acceptors (Lipinski definition) is 8. The number of nitrogens with one attached hydrogen (secondary N) is 3. The highest BCUT2D eigenvalue weighted by molar-refractivity contribution is 5.98. The number of piperidine rings is 1. The molecule has 1 aromatic rings. The largest absolute Gasteiger partial charge is 0.458 e. The van der Waals surface area contributed by atoms with Crippen LogP contribution in [0.1, 0.15) is 103 Å². The van der Waals surface area contributed by atoms with Gasteiger partial charge in [0.1, 0.15) is 54.0 Å². The molecule has 16 heteroatoms. The second-order valence-corrected chi connectivity index (χ2v) is 17.1. The van der Waals surface area contributed by atoms with Crippen molar-refractivity contribution in [2.24, 2.45) is 11.8 Å². The molecule has 6 amide bonds. The quantitative estimate of drug-likeness (QED) is 0.265. The van der Waals surface area contributed by atoms with Crippen LogP contribution in [0, 0.1) is 23.5 Å². The summed E-state index contributed by atoms with van der Waals surface area (Å²) >= 11 is 0. The molecule has 0 spiro atoms. The number of carbonyl (C=O) groups is 7. The third-order valence-corrected chi connectivity index (χ3v) is 12.5. The van der Waals surface area contributed by atoms with E-state index < -0.39 is 95.4 Å². The van der Waals surface area contributed by atoms with E-state index in [1.54, 1.807) is 6.08 Å². The van der Waals surface area contributed by atoms with Gasteiger partial charge < -0.3 is 35.4 Å². The summed E-state index contributed by atoms with van der Waals surface area (Å²) in [5.41, 5.74) is 0.0672. The van der Waals surface area contributed by atoms with Gasteiger partial charge in [-0.25, -0.2) is 13.6 Å². The number of amides is 6. The van der Waals surface area contributed by atoms with E-state index in [-0.39, 0.29) is 50.4 Å². The minimum Gasteiger partial charge on any atom is -0.458 e. The van der Waals surface area contributed by atoms with E-state index in [9.17, 15) is 42.3 Å². The maximum absolute atomic E-state index is 14.7. The molecular formula is C43H58F2N6O8. The zero-order valence-corrected chi connectivity index (χ0v) is 34.3. The van der Waals surface area contributed by atoms with E-state index >= 15 is 0 Å². The normalized spacial score (nSPS) is 29.4. The van der Waals surface area contributed by atoms with Crippen LogP contribution >= 0.6 is 0 Å². The van der Waals surface area contributed by atoms with Crippen LogP contribution in [0.2, 0.25) is 0 Å². The monoisotopic (exact) mass is 824 g/mol. The Morgan fingerprint density at radius 1 is 0.814 bits per heavy atom. The van der Waals surface area contributed by atoms with Crippen LogP contribution in [0.15, 0.2) is 30.4 Å². The molecule has 1 aliphatic carbocycles. The van der Waals surface area contributed by atoms with Gasteiger partial charge in [0.05, 0.1) is 0 Å². The van der Waals surface area contributed by atoms with Crippen molar-refractivity contribution < 1.29 is 47.1 Å². The molecule has 5 aliphatic rings. The first kappa shape index (κ1) is 43.7. The van der Waals surface area contributed by atoms with Gasteiger partial charge in [0.2, 0.25) is 35.4 Å². The number of esters is 1. The van der Waals surface area contributed by atoms with E-state index in [1.165, 1.54) is 41.0 Å². The first-order valence-electron chi connectivity index (χ1n) is 21.3. The number of ether oxygens (including phenoxy) is 1. The number of cyclic esters (lactones) is 1. The average Bonchev–Trinajstić information content (AvgIpc) is 3.86. The second kappa shape index (κ2) is 19.4. The zero-order valence-electron chi connectivity index (χ0n) is 34.3. The first-order valence-corrected chi connectivity index (χ1v) is 21.3. The van der Waals surface area contributed by atoms with Crippen molar-refractivity contribution in [2.75, 3.05) is 19.6 Å². The van der Waals surface area contributed by atoms with Crippen LogP contribution in [0.3, 0.4) is 0 Å². The van der Waals surface area contributed by atoms with Crippen LogP contribution < -0.4 is 16.0 Å². The number of nitrogens with zero attached hydrogens (tertiary/aromatic N) is 3. The fourth-order valence-corrected chi connectivity index (χ4v) is 9.41. The van der Waals surface area contributed by atoms with Crippen LogP contribution in [-0.4, -0.2) is 118 Å². The summed E-state index contributed by atoms with van der Waals surface area (Å²) in [5, 5.41) is 8.09. The SMILES string of the molecule is C[C@@H]1C[C@H]2C(=O)O[C@@H](C)[C@H](NC(=O)[C@H](Cc3cc(F)cc(F)c3)NC(=O)/C=C/CC3CCCCC3)C(=O)N3CCC[C@H]3C(=O)N3CCCC[C@H]3C(=O)N[C@@H](C)C(=O)N2C1. The fourth-order valence-electron chi connectivity index (χ4n) is 9.41. The zero-order chi connectivity index (χ0) is 42.4. The Morgan fingerprint density at radius 3 is 2.20 bits per heavy atom. The lowest BCUT2D eigenvalue weighted by atomic mass is 9.87. The van der Waals surface area contributed by atoms with E-state index in [0.717, 1.165) is 37.8 Å². The third-order valence-electron chi connectivity index (χ3n) is 12.5. The molecule has 59 heavy (non-hydrogen) atoms. The Bertz CT molecular complexity index is 1780. The summed E-state index contributed by atoms with van der Waals surface area (Å²) in [6.45, 7) is 5.46. The van der Waals surface area contributed by atoms with Gasteiger partial charge in [-0.3, -0.25) is 28.8 Å². The van der Waals surface area contributed by atoms with Crippen LogP contribution in [-0.2, 0) is 44.7 Å². The van der Waals surface area contributed by atoms with Gasteiger partial charge in [-0.1, -0.05) is 45.1 Å². The summed E-state index contributed by atoms with van der Waals surface area (Å²) in [6, 6.07) is -4.16. The van der Waals surface area contributed by atoms with Crippen molar-refractivity contribution in [3.63, 3.8) is 0 Å². The molecule has 6 rings (SSSR count). The molecule has 1 aromatic carbocycles. The molecule has 8 atom stereocenters. The Labute approximate surface area is 344 Å². The summed E-state index contributed by atoms with van der Waals surface area (Å²) in [7, 11) is 0. The molecule has 4 aliphatic heterocycles. The minimum absolute atomic E-state index is 0.0672. The molecule has 3 N–H and O–H groups in total. The molecule has 0 bridgehead atoms. The first-order chi connectivity index (χ1) is 28.2. The van der Waals surface area contributed by atoms with Crippen molar-refractivity contribution in [3.8, 4) is 0 Å². The summed E-state index contributed by atoms with van der Waals surface area (Å²) in [6.07, 6.45) is 10.3. The Morgan fingerprint density at radius 2 is 1.47 bits per heavy atom. The summed E-state index contributed by atoms with van der Waals surface area (Å²) in [4.78, 5) is 102. The van der Waals surface area contributed by atoms with E-state index in [0.29, 0.717) is 44.1 Å². The Hall–Kier alpha value is -4.89. The minimum atomic E-state index is -1.58. The molecule has 0 unspecified atom stereocenters. The van der Waals surface area contributed by atoms with Gasteiger partial charge in [0.15, 0.2) is 0 Å². The fraction of sp³-hybridized carbons (Fsp3) is 0.651. The molecule has 4 saturated heterocycles. The standard InChI is InChI=1S/C43H58F2N6O8/c1-25-19-35-43(58)59-27(3)37(48-38(53)32(22-29-20-30(44)23-31(45)21-29)47-36(52)16-9-13-28-11-5-4-6-12-28)42(57)50-18-10-15-34(50)41(56)49-17-8-7-14-33(49)39(54)46-26(2)40(55)51(35)24-25/h9,16,20-21,23,25-28,32-35,37H,4-8,10-15,17-19,22,24H2,1-3H3,(H,46,54)(H,47,52)(H,48,53)/b16-9+/t25-,26+,27+,32+,33+,34+,35+,37+/m1/s1. The number of allylic oxidation sites excluding steroid dienone is 1. The van der Waals surface area contributed by atoms with E-state index in [4.69, 9.17) is 4.74 Å². The molecule has 5 fully saturated rings. The smallest absolute Gasteiger partial charge is 0.329 e. The second-order valence-electron chi connectivity index (χ2n) is 17.1. The van der Waals surface area contributed by atoms with Gasteiger partial charge in [-0.15, -0.1) is 0 Å². The van der Waals surface area contributed by atoms with Crippen molar-refractivity contribution in [3.05, 3.63) is 47.5 Å². The van der Waals surface area contributed by atoms with Crippen LogP contribution in [0.5, 0.6) is 0 Å². The van der Waals surface area contributed by atoms with Crippen LogP contribution in [0.25, 0.3) is 0 Å². The highest BCUT2D eigenvalue weighted by atomic mass is 19.1. The van der Waals surface area contributed by atoms with Crippen molar-refractivity contribution in [1.29, 1.82) is 0 Å². The summed E-state index contributed by atoms with van der Waals surface area (Å²) < 4.78 is 34.6. The number of rotatable bonds is 8. The molecule has 0 radical (unpaired) electrons. The molecule has 4 heterocycles. The predicted molar refractivity (Wildman–Crippen MR) is 211 cm³/mol. The predicted octanol–water partition coefficient (Wildman–Crippen LogP) is 3.06. The van der Waals surface area contributed by atoms with Gasteiger partial charge in [0.25, 0.3) is 0 Å². The number of hydrogen-bond donors (Lipinski definition) is 3. The third kappa shape index (κ3) is 10.7. The maximum atomic E-state index is 14.7. The molecule has 322 valence electrons. The molecule has 0 aromatic heterocycles. The van der Waals surface area contributed by atoms with Gasteiger partial charge in [-0.2, -0.15) is 0 Å². The van der Waals surface area contributed by atoms with Crippen molar-refractivity contribution >= 4 is 41.4 Å². The molecular weight excluding hydrogens is 767 g/mol. The number of fused-ring (bicyclic) bond motifs is 3. The lowest BCUT2D eigenvalue weighted by molar-refractivity contribution is -0.163. The lowest BCUT2D eigenvalue weighted by Gasteiger charge is -2.39. The molecule has 14 nitrogen and oxygen atoms in total. The van der Waals surface area contributed by atoms with Crippen LogP contribution in [0.4, 0.5) is 8.78 Å². The van der Waals surface area contributed by atoms with Crippen molar-refractivity contribution in [1.82, 2.24) is 30.7 Å². The average molecular weight is 825 g/mol. The highest BCUT2D eigenvalue weighted by Crippen LogP contribution is 2.29. The van der Waals surface area contributed by atoms with Gasteiger partial charge in [0, 0.05) is 32.1 Å². The van der Waals surface area contributed by atoms with E-state index in [2.05, 4.69) is 16.0 Å². The maximum Gasteiger partial charge on any atom is 0.329 e. The van der Waals surface area contributed by atoms with Gasteiger partial charge in [-0.05, 0) is 94.4 Å². The Kier molecular flexibility index (Phi) is 14.4. The molecule has 1 saturated carbocycles.